The van der Waals surface area contributed by atoms with Gasteiger partial charge in [0.05, 0.1) is 6.54 Å². The van der Waals surface area contributed by atoms with Crippen molar-refractivity contribution in [3.8, 4) is 0 Å². The minimum atomic E-state index is -1.03. The van der Waals surface area contributed by atoms with E-state index in [-0.39, 0.29) is 12.5 Å². The van der Waals surface area contributed by atoms with Crippen molar-refractivity contribution in [2.24, 2.45) is 10.7 Å². The smallest absolute Gasteiger partial charge is 0.193 e. The molecule has 1 unspecified atom stereocenters. The van der Waals surface area contributed by atoms with Crippen molar-refractivity contribution in [3.05, 3.63) is 64.1 Å². The van der Waals surface area contributed by atoms with E-state index in [2.05, 4.69) is 26.2 Å². The predicted octanol–water partition coefficient (Wildman–Crippen LogP) is 3.78. The van der Waals surface area contributed by atoms with Gasteiger partial charge in [-0.05, 0) is 43.2 Å². The summed E-state index contributed by atoms with van der Waals surface area (Å²) in [5, 5.41) is 13.9. The average molecular weight is 376 g/mol. The third-order valence-corrected chi connectivity index (χ3v) is 4.33. The van der Waals surface area contributed by atoms with Crippen LogP contribution in [0, 0.1) is 6.92 Å². The molecule has 122 valence electrons. The summed E-state index contributed by atoms with van der Waals surface area (Å²) in [5.74, 6) is 0.290. The molecule has 5 heteroatoms. The molecule has 0 fully saturated rings. The Labute approximate surface area is 145 Å². The highest BCUT2D eigenvalue weighted by molar-refractivity contribution is 9.10. The Bertz CT molecular complexity index is 668. The minimum Gasteiger partial charge on any atom is -0.383 e. The van der Waals surface area contributed by atoms with Gasteiger partial charge in [-0.3, -0.25) is 0 Å². The first-order chi connectivity index (χ1) is 10.9. The first kappa shape index (κ1) is 17.5. The number of halogens is 1. The molecule has 0 bridgehead atoms. The third kappa shape index (κ3) is 4.81. The fourth-order valence-corrected chi connectivity index (χ4v) is 2.47. The first-order valence-corrected chi connectivity index (χ1v) is 8.34. The van der Waals surface area contributed by atoms with Gasteiger partial charge in [0.15, 0.2) is 5.96 Å². The highest BCUT2D eigenvalue weighted by Gasteiger charge is 2.26. The van der Waals surface area contributed by atoms with Crippen molar-refractivity contribution in [1.82, 2.24) is 0 Å². The fourth-order valence-electron chi connectivity index (χ4n) is 2.21. The zero-order valence-corrected chi connectivity index (χ0v) is 15.0. The van der Waals surface area contributed by atoms with Crippen LogP contribution in [0.2, 0.25) is 0 Å². The maximum absolute atomic E-state index is 10.8. The minimum absolute atomic E-state index is 0.204. The van der Waals surface area contributed by atoms with Crippen LogP contribution in [-0.2, 0) is 5.60 Å². The second-order valence-electron chi connectivity index (χ2n) is 5.58. The number of aliphatic imine (C=N–C) groups is 1. The molecule has 2 rings (SSSR count). The second kappa shape index (κ2) is 7.62. The molecule has 2 aromatic carbocycles. The van der Waals surface area contributed by atoms with Gasteiger partial charge in [-0.15, -0.1) is 0 Å². The molecule has 0 saturated heterocycles. The Hall–Kier alpha value is -1.85. The maximum Gasteiger partial charge on any atom is 0.193 e. The van der Waals surface area contributed by atoms with E-state index in [0.29, 0.717) is 6.42 Å². The number of nitrogens with two attached hydrogens (primary N) is 1. The Morgan fingerprint density at radius 2 is 1.78 bits per heavy atom. The van der Waals surface area contributed by atoms with E-state index in [1.165, 1.54) is 5.56 Å². The molecule has 0 aliphatic carbocycles. The monoisotopic (exact) mass is 375 g/mol. The Balaban J connectivity index is 2.08. The number of rotatable bonds is 5. The molecule has 0 aliphatic rings. The van der Waals surface area contributed by atoms with E-state index in [4.69, 9.17) is 5.73 Å². The largest absolute Gasteiger partial charge is 0.383 e. The molecule has 0 spiro atoms. The van der Waals surface area contributed by atoms with Crippen LogP contribution in [0.25, 0.3) is 0 Å². The van der Waals surface area contributed by atoms with E-state index in [0.717, 1.165) is 15.7 Å². The normalized spacial score (nSPS) is 14.3. The summed E-state index contributed by atoms with van der Waals surface area (Å²) in [7, 11) is 0. The van der Waals surface area contributed by atoms with Crippen LogP contribution in [0.15, 0.2) is 58.0 Å². The molecule has 23 heavy (non-hydrogen) atoms. The molecule has 4 nitrogen and oxygen atoms in total. The van der Waals surface area contributed by atoms with Gasteiger partial charge in [0, 0.05) is 10.2 Å². The number of guanidine groups is 1. The van der Waals surface area contributed by atoms with Crippen LogP contribution in [-0.4, -0.2) is 17.6 Å². The Morgan fingerprint density at radius 1 is 1.17 bits per heavy atom. The van der Waals surface area contributed by atoms with Crippen LogP contribution in [0.4, 0.5) is 5.69 Å². The van der Waals surface area contributed by atoms with Crippen LogP contribution in [0.5, 0.6) is 0 Å². The highest BCUT2D eigenvalue weighted by Crippen LogP contribution is 2.26. The van der Waals surface area contributed by atoms with Crippen molar-refractivity contribution in [1.29, 1.82) is 0 Å². The zero-order valence-electron chi connectivity index (χ0n) is 13.4. The summed E-state index contributed by atoms with van der Waals surface area (Å²) in [4.78, 5) is 4.31. The van der Waals surface area contributed by atoms with Crippen molar-refractivity contribution in [3.63, 3.8) is 0 Å². The van der Waals surface area contributed by atoms with E-state index >= 15 is 0 Å². The topological polar surface area (TPSA) is 70.6 Å². The average Bonchev–Trinajstić information content (AvgIpc) is 2.55. The third-order valence-electron chi connectivity index (χ3n) is 3.80. The quantitative estimate of drug-likeness (QED) is 0.549. The summed E-state index contributed by atoms with van der Waals surface area (Å²) in [6.07, 6.45) is 0.552. The summed E-state index contributed by atoms with van der Waals surface area (Å²) in [6.45, 7) is 4.16. The lowest BCUT2D eigenvalue weighted by Crippen LogP contribution is -2.31. The van der Waals surface area contributed by atoms with Crippen molar-refractivity contribution >= 4 is 27.6 Å². The van der Waals surface area contributed by atoms with Gasteiger partial charge in [-0.1, -0.05) is 52.7 Å². The maximum atomic E-state index is 10.8. The number of anilines is 1. The Morgan fingerprint density at radius 3 is 2.35 bits per heavy atom. The lowest BCUT2D eigenvalue weighted by atomic mass is 9.91. The van der Waals surface area contributed by atoms with Gasteiger partial charge in [0.1, 0.15) is 5.60 Å². The van der Waals surface area contributed by atoms with Crippen LogP contribution in [0.3, 0.4) is 0 Å². The fraction of sp³-hybridized carbons (Fsp3) is 0.278. The first-order valence-electron chi connectivity index (χ1n) is 7.55. The number of nitrogens with zero attached hydrogens (tertiary/aromatic N) is 1. The predicted molar refractivity (Wildman–Crippen MR) is 99.6 cm³/mol. The van der Waals surface area contributed by atoms with Crippen LogP contribution < -0.4 is 11.1 Å². The van der Waals surface area contributed by atoms with E-state index in [1.807, 2.05) is 62.4 Å². The number of aryl methyl sites for hydroxylation is 1. The van der Waals surface area contributed by atoms with Gasteiger partial charge in [0.2, 0.25) is 0 Å². The lowest BCUT2D eigenvalue weighted by Gasteiger charge is -2.25. The highest BCUT2D eigenvalue weighted by atomic mass is 79.9. The molecule has 0 radical (unpaired) electrons. The molecule has 0 aromatic heterocycles. The number of hydrogen-bond donors (Lipinski definition) is 3. The van der Waals surface area contributed by atoms with Crippen molar-refractivity contribution in [2.75, 3.05) is 11.9 Å². The van der Waals surface area contributed by atoms with Gasteiger partial charge in [-0.25, -0.2) is 4.99 Å². The van der Waals surface area contributed by atoms with Gasteiger partial charge >= 0.3 is 0 Å². The van der Waals surface area contributed by atoms with Crippen LogP contribution >= 0.6 is 15.9 Å². The number of benzene rings is 2. The standard InChI is InChI=1S/C18H22BrN3O/c1-3-18(23,14-6-8-15(19)9-7-14)12-21-17(20)22-16-10-4-13(2)5-11-16/h4-11,23H,3,12H2,1-2H3,(H3,20,21,22). The van der Waals surface area contributed by atoms with Crippen molar-refractivity contribution in [2.45, 2.75) is 25.9 Å². The summed E-state index contributed by atoms with van der Waals surface area (Å²) in [5.41, 5.74) is 7.79. The van der Waals surface area contributed by atoms with Crippen molar-refractivity contribution < 1.29 is 5.11 Å². The molecule has 0 heterocycles. The molecule has 0 aliphatic heterocycles. The number of hydrogen-bond acceptors (Lipinski definition) is 2. The summed E-state index contributed by atoms with van der Waals surface area (Å²) >= 11 is 3.40. The van der Waals surface area contributed by atoms with Crippen LogP contribution in [0.1, 0.15) is 24.5 Å². The second-order valence-corrected chi connectivity index (χ2v) is 6.50. The molecule has 4 N–H and O–H groups in total. The lowest BCUT2D eigenvalue weighted by molar-refractivity contribution is 0.0424. The van der Waals surface area contributed by atoms with E-state index in [1.54, 1.807) is 0 Å². The summed E-state index contributed by atoms with van der Waals surface area (Å²) in [6, 6.07) is 15.5. The Kier molecular flexibility index (Phi) is 5.80. The SMILES string of the molecule is CCC(O)(CN=C(N)Nc1ccc(C)cc1)c1ccc(Br)cc1. The van der Waals surface area contributed by atoms with Gasteiger partial charge in [-0.2, -0.15) is 0 Å². The molecular formula is C18H22BrN3O. The van der Waals surface area contributed by atoms with E-state index < -0.39 is 5.60 Å². The number of nitrogens with one attached hydrogen (secondary N) is 1. The number of aliphatic hydroxyl groups is 1. The molecule has 0 saturated carbocycles. The van der Waals surface area contributed by atoms with E-state index in [9.17, 15) is 5.11 Å². The van der Waals surface area contributed by atoms with Gasteiger partial charge < -0.3 is 16.2 Å². The summed E-state index contributed by atoms with van der Waals surface area (Å²) < 4.78 is 0.976. The molecule has 0 amide bonds. The molecular weight excluding hydrogens is 354 g/mol. The zero-order chi connectivity index (χ0) is 16.9. The molecule has 2 aromatic rings. The molecule has 1 atom stereocenters. The van der Waals surface area contributed by atoms with Gasteiger partial charge in [0.25, 0.3) is 0 Å².